The van der Waals surface area contributed by atoms with Gasteiger partial charge in [0.05, 0.1) is 21.1 Å². The van der Waals surface area contributed by atoms with Crippen molar-refractivity contribution in [2.75, 3.05) is 34.3 Å². The second kappa shape index (κ2) is 10.3. The van der Waals surface area contributed by atoms with Crippen molar-refractivity contribution in [3.05, 3.63) is 0 Å². The minimum atomic E-state index is -0.701. The second-order valence-electron chi connectivity index (χ2n) is 3.52. The van der Waals surface area contributed by atoms with Gasteiger partial charge in [0.1, 0.15) is 17.5 Å². The molecule has 0 spiro atoms. The van der Waals surface area contributed by atoms with Crippen molar-refractivity contribution >= 4 is 35.3 Å². The normalized spacial score (nSPS) is 9.07. The zero-order valence-electron chi connectivity index (χ0n) is 9.07. The van der Waals surface area contributed by atoms with Crippen molar-refractivity contribution in [2.45, 2.75) is 0 Å². The van der Waals surface area contributed by atoms with Crippen LogP contribution in [0.1, 0.15) is 0 Å². The van der Waals surface area contributed by atoms with Crippen LogP contribution in [0.15, 0.2) is 0 Å². The van der Waals surface area contributed by atoms with Crippen molar-refractivity contribution in [3.8, 4) is 0 Å². The molecule has 5 nitrogen and oxygen atoms in total. The minimum absolute atomic E-state index is 0. The summed E-state index contributed by atoms with van der Waals surface area (Å²) in [6.45, 7) is 1.17. The van der Waals surface area contributed by atoms with Gasteiger partial charge in [0.2, 0.25) is 0 Å². The fourth-order valence-corrected chi connectivity index (χ4v) is 0.420. The molecule has 0 fully saturated rings. The van der Waals surface area contributed by atoms with Crippen LogP contribution in [-0.4, -0.2) is 49.2 Å². The van der Waals surface area contributed by atoms with E-state index in [1.807, 2.05) is 21.1 Å². The van der Waals surface area contributed by atoms with Crippen molar-refractivity contribution < 1.29 is 26.4 Å². The molecular formula is C7H18ClN3O2S2. The summed E-state index contributed by atoms with van der Waals surface area (Å²) in [7, 11) is 6.05. The maximum atomic E-state index is 10.1. The molecule has 0 saturated heterocycles. The summed E-state index contributed by atoms with van der Waals surface area (Å²) in [5.74, 6) is 0. The van der Waals surface area contributed by atoms with Gasteiger partial charge >= 0.3 is 6.09 Å². The van der Waals surface area contributed by atoms with Crippen molar-refractivity contribution in [2.24, 2.45) is 11.5 Å². The Morgan fingerprint density at radius 3 is 1.93 bits per heavy atom. The third-order valence-corrected chi connectivity index (χ3v) is 1.01. The minimum Gasteiger partial charge on any atom is -1.00 e. The first kappa shape index (κ1) is 20.2. The number of halogens is 1. The summed E-state index contributed by atoms with van der Waals surface area (Å²) in [6, 6.07) is 0. The standard InChI is InChI=1S/C6H14N2O2.CH3NS2.ClH/c1-8(2,3)4-5-10-6(7)9;2-1(3)4;/h4-5H2,1-3H3,(H-,7,9);(H3,2,3,4);1H. The van der Waals surface area contributed by atoms with E-state index in [1.165, 1.54) is 0 Å². The van der Waals surface area contributed by atoms with Gasteiger partial charge < -0.3 is 33.1 Å². The predicted octanol–water partition coefficient (Wildman–Crippen LogP) is -3.05. The molecule has 15 heavy (non-hydrogen) atoms. The van der Waals surface area contributed by atoms with Crippen LogP contribution in [0.5, 0.6) is 0 Å². The number of likely N-dealkylation sites (N-methyl/N-ethyl adjacent to an activating group) is 1. The molecule has 0 rings (SSSR count). The molecule has 0 aromatic rings. The molecule has 0 heterocycles. The Balaban J connectivity index is -0.000000249. The molecule has 92 valence electrons. The lowest BCUT2D eigenvalue weighted by Crippen LogP contribution is -3.00. The topological polar surface area (TPSA) is 78.3 Å². The van der Waals surface area contributed by atoms with Crippen molar-refractivity contribution in [1.29, 1.82) is 0 Å². The van der Waals surface area contributed by atoms with Gasteiger partial charge in [-0.1, -0.05) is 12.2 Å². The first-order valence-electron chi connectivity index (χ1n) is 3.86. The number of amides is 1. The van der Waals surface area contributed by atoms with Crippen molar-refractivity contribution in [1.82, 2.24) is 0 Å². The van der Waals surface area contributed by atoms with E-state index in [4.69, 9.17) is 11.5 Å². The molecule has 1 amide bonds. The van der Waals surface area contributed by atoms with Gasteiger partial charge in [0.15, 0.2) is 0 Å². The molecule has 0 atom stereocenters. The molecular weight excluding hydrogens is 258 g/mol. The number of thiol groups is 1. The van der Waals surface area contributed by atoms with E-state index in [0.717, 1.165) is 11.0 Å². The summed E-state index contributed by atoms with van der Waals surface area (Å²) in [5.41, 5.74) is 9.46. The molecule has 4 N–H and O–H groups in total. The molecule has 0 unspecified atom stereocenters. The average Bonchev–Trinajstić information content (AvgIpc) is 1.80. The first-order chi connectivity index (χ1) is 6.15. The number of primary amides is 1. The summed E-state index contributed by atoms with van der Waals surface area (Å²) in [4.78, 5) is 10.1. The number of nitrogens with two attached hydrogens (primary N) is 2. The van der Waals surface area contributed by atoms with Crippen LogP contribution in [-0.2, 0) is 4.74 Å². The monoisotopic (exact) mass is 275 g/mol. The number of hydrogen-bond donors (Lipinski definition) is 3. The van der Waals surface area contributed by atoms with Gasteiger partial charge in [-0.3, -0.25) is 0 Å². The highest BCUT2D eigenvalue weighted by atomic mass is 35.5. The Bertz CT molecular complexity index is 193. The Labute approximate surface area is 108 Å². The zero-order valence-corrected chi connectivity index (χ0v) is 11.5. The van der Waals surface area contributed by atoms with Gasteiger partial charge in [-0.05, 0) is 0 Å². The van der Waals surface area contributed by atoms with Crippen LogP contribution in [0, 0.1) is 0 Å². The largest absolute Gasteiger partial charge is 1.00 e. The second-order valence-corrected chi connectivity index (χ2v) is 4.74. The Hall–Kier alpha value is -0.240. The molecule has 0 aromatic heterocycles. The lowest BCUT2D eigenvalue weighted by Gasteiger charge is -2.22. The van der Waals surface area contributed by atoms with Crippen LogP contribution in [0.4, 0.5) is 4.79 Å². The predicted molar refractivity (Wildman–Crippen MR) is 64.2 cm³/mol. The lowest BCUT2D eigenvalue weighted by atomic mass is 10.5. The van der Waals surface area contributed by atoms with E-state index in [0.29, 0.717) is 6.61 Å². The smallest absolute Gasteiger partial charge is 0.404 e. The maximum Gasteiger partial charge on any atom is 0.404 e. The number of rotatable bonds is 3. The Morgan fingerprint density at radius 2 is 1.73 bits per heavy atom. The molecule has 0 radical (unpaired) electrons. The summed E-state index contributed by atoms with van der Waals surface area (Å²) >= 11 is 7.65. The average molecular weight is 276 g/mol. The highest BCUT2D eigenvalue weighted by molar-refractivity contribution is 8.10. The van der Waals surface area contributed by atoms with Crippen LogP contribution < -0.4 is 23.9 Å². The lowest BCUT2D eigenvalue weighted by molar-refractivity contribution is -0.870. The molecule has 0 saturated carbocycles. The van der Waals surface area contributed by atoms with E-state index in [2.05, 4.69) is 29.6 Å². The van der Waals surface area contributed by atoms with Gasteiger partial charge in [-0.25, -0.2) is 4.79 Å². The van der Waals surface area contributed by atoms with Crippen LogP contribution >= 0.6 is 24.8 Å². The van der Waals surface area contributed by atoms with Gasteiger partial charge in [0.25, 0.3) is 0 Å². The molecule has 0 aliphatic rings. The van der Waals surface area contributed by atoms with Gasteiger partial charge in [-0.15, -0.1) is 12.6 Å². The third-order valence-electron chi connectivity index (χ3n) is 1.01. The molecule has 0 aliphatic carbocycles. The fourth-order valence-electron chi connectivity index (χ4n) is 0.420. The highest BCUT2D eigenvalue weighted by Crippen LogP contribution is 1.88. The summed E-state index contributed by atoms with van der Waals surface area (Å²) in [5, 5.41) is 0. The van der Waals surface area contributed by atoms with E-state index in [1.54, 1.807) is 0 Å². The van der Waals surface area contributed by atoms with Crippen LogP contribution in [0.2, 0.25) is 0 Å². The number of carbonyl (C=O) groups excluding carboxylic acids is 1. The number of nitrogens with zero attached hydrogens (tertiary/aromatic N) is 1. The number of ether oxygens (including phenoxy) is 1. The zero-order chi connectivity index (χ0) is 11.8. The molecule has 8 heteroatoms. The maximum absolute atomic E-state index is 10.1. The summed E-state index contributed by atoms with van der Waals surface area (Å²) in [6.07, 6.45) is -0.701. The summed E-state index contributed by atoms with van der Waals surface area (Å²) < 4.78 is 5.51. The molecule has 0 aliphatic heterocycles. The third kappa shape index (κ3) is 41.6. The fraction of sp³-hybridized carbons (Fsp3) is 0.714. The van der Waals surface area contributed by atoms with Crippen molar-refractivity contribution in [3.63, 3.8) is 0 Å². The highest BCUT2D eigenvalue weighted by Gasteiger charge is 2.06. The van der Waals surface area contributed by atoms with Crippen LogP contribution in [0.25, 0.3) is 0 Å². The number of thiocarbonyl (C=S) groups is 1. The number of quaternary nitrogens is 1. The van der Waals surface area contributed by atoms with Crippen LogP contribution in [0.3, 0.4) is 0 Å². The van der Waals surface area contributed by atoms with E-state index >= 15 is 0 Å². The number of carbonyl (C=O) groups is 1. The van der Waals surface area contributed by atoms with E-state index < -0.39 is 6.09 Å². The Morgan fingerprint density at radius 1 is 1.40 bits per heavy atom. The quantitative estimate of drug-likeness (QED) is 0.291. The van der Waals surface area contributed by atoms with E-state index in [9.17, 15) is 4.79 Å². The SMILES string of the molecule is C[N+](C)(C)CCOC(N)=O.NC(=S)S.[Cl-]. The van der Waals surface area contributed by atoms with Gasteiger partial charge in [-0.2, -0.15) is 0 Å². The van der Waals surface area contributed by atoms with E-state index in [-0.39, 0.29) is 16.7 Å². The van der Waals surface area contributed by atoms with Gasteiger partial charge in [0, 0.05) is 0 Å². The first-order valence-corrected chi connectivity index (χ1v) is 4.72. The molecule has 0 bridgehead atoms. The molecule has 0 aromatic carbocycles. The number of hydrogen-bond acceptors (Lipinski definition) is 3. The Kier molecular flexibility index (Phi) is 13.9.